The predicted octanol–water partition coefficient (Wildman–Crippen LogP) is 4.50. The number of carbonyl (C=O) groups is 1. The Kier molecular flexibility index (Phi) is 6.86. The van der Waals surface area contributed by atoms with Crippen LogP contribution in [-0.4, -0.2) is 46.2 Å². The fourth-order valence-corrected chi connectivity index (χ4v) is 5.09. The number of nitrogens with one attached hydrogen (secondary N) is 2. The molecule has 0 spiro atoms. The van der Waals surface area contributed by atoms with Crippen LogP contribution in [0.3, 0.4) is 0 Å². The number of aromatic nitrogens is 3. The Labute approximate surface area is 209 Å². The third-order valence-corrected chi connectivity index (χ3v) is 7.05. The van der Waals surface area contributed by atoms with Gasteiger partial charge in [-0.25, -0.2) is 9.97 Å². The van der Waals surface area contributed by atoms with E-state index >= 15 is 0 Å². The molecule has 36 heavy (non-hydrogen) atoms. The summed E-state index contributed by atoms with van der Waals surface area (Å²) in [5.74, 6) is 2.06. The van der Waals surface area contributed by atoms with Crippen molar-refractivity contribution in [3.63, 3.8) is 0 Å². The maximum atomic E-state index is 12.8. The summed E-state index contributed by atoms with van der Waals surface area (Å²) in [4.78, 5) is 25.0. The van der Waals surface area contributed by atoms with Crippen molar-refractivity contribution in [2.45, 2.75) is 25.7 Å². The van der Waals surface area contributed by atoms with Gasteiger partial charge in [-0.15, -0.1) is 0 Å². The highest BCUT2D eigenvalue weighted by atomic mass is 16.5. The average Bonchev–Trinajstić information content (AvgIpc) is 3.35. The van der Waals surface area contributed by atoms with Crippen molar-refractivity contribution >= 4 is 16.9 Å². The number of phenols is 1. The van der Waals surface area contributed by atoms with E-state index in [1.54, 1.807) is 31.5 Å². The van der Waals surface area contributed by atoms with Crippen molar-refractivity contribution < 1.29 is 14.6 Å². The average molecular weight is 486 g/mol. The Morgan fingerprint density at radius 1 is 1.17 bits per heavy atom. The lowest BCUT2D eigenvalue weighted by Gasteiger charge is -2.28. The first-order valence-corrected chi connectivity index (χ1v) is 12.4. The summed E-state index contributed by atoms with van der Waals surface area (Å²) in [5.41, 5.74) is 10.1. The molecule has 2 unspecified atom stereocenters. The molecule has 8 nitrogen and oxygen atoms in total. The first-order valence-electron chi connectivity index (χ1n) is 12.4. The van der Waals surface area contributed by atoms with Gasteiger partial charge in [-0.2, -0.15) is 0 Å². The number of imidazole rings is 1. The molecule has 0 bridgehead atoms. The maximum Gasteiger partial charge on any atom is 0.251 e. The van der Waals surface area contributed by atoms with Crippen LogP contribution in [0.2, 0.25) is 0 Å². The van der Waals surface area contributed by atoms with E-state index in [0.29, 0.717) is 46.7 Å². The van der Waals surface area contributed by atoms with Crippen LogP contribution < -0.4 is 15.8 Å². The number of methoxy groups -OCH3 is 1. The maximum absolute atomic E-state index is 12.8. The number of H-pyrrole nitrogens is 1. The third-order valence-electron chi connectivity index (χ3n) is 7.05. The molecule has 1 saturated carbocycles. The van der Waals surface area contributed by atoms with Gasteiger partial charge in [0.1, 0.15) is 11.6 Å². The molecule has 2 heterocycles. The summed E-state index contributed by atoms with van der Waals surface area (Å²) >= 11 is 0. The lowest BCUT2D eigenvalue weighted by atomic mass is 9.81. The smallest absolute Gasteiger partial charge is 0.251 e. The number of rotatable bonds is 7. The van der Waals surface area contributed by atoms with Gasteiger partial charge in [0, 0.05) is 23.9 Å². The number of fused-ring (bicyclic) bond motifs is 1. The summed E-state index contributed by atoms with van der Waals surface area (Å²) in [5, 5.41) is 13.7. The van der Waals surface area contributed by atoms with Gasteiger partial charge in [0.25, 0.3) is 5.91 Å². The van der Waals surface area contributed by atoms with Crippen molar-refractivity contribution in [2.75, 3.05) is 20.2 Å². The molecule has 186 valence electrons. The number of nitrogens with zero attached hydrogens (tertiary/aromatic N) is 2. The number of nitrogens with two attached hydrogens (primary N) is 1. The summed E-state index contributed by atoms with van der Waals surface area (Å²) in [7, 11) is 1.58. The molecule has 2 aromatic heterocycles. The molecule has 8 heteroatoms. The second kappa shape index (κ2) is 10.4. The zero-order valence-corrected chi connectivity index (χ0v) is 20.3. The van der Waals surface area contributed by atoms with Gasteiger partial charge >= 0.3 is 0 Å². The third kappa shape index (κ3) is 4.90. The van der Waals surface area contributed by atoms with Crippen molar-refractivity contribution in [2.24, 2.45) is 17.6 Å². The van der Waals surface area contributed by atoms with Crippen molar-refractivity contribution in [3.05, 3.63) is 60.3 Å². The van der Waals surface area contributed by atoms with E-state index in [4.69, 9.17) is 10.5 Å². The van der Waals surface area contributed by atoms with Crippen LogP contribution in [0.15, 0.2) is 54.7 Å². The molecule has 0 saturated heterocycles. The van der Waals surface area contributed by atoms with Gasteiger partial charge in [0.15, 0.2) is 0 Å². The highest BCUT2D eigenvalue weighted by molar-refractivity contribution is 5.97. The molecule has 2 aromatic carbocycles. The van der Waals surface area contributed by atoms with Crippen LogP contribution in [0.4, 0.5) is 0 Å². The zero-order valence-electron chi connectivity index (χ0n) is 20.3. The zero-order chi connectivity index (χ0) is 25.1. The number of ether oxygens (including phenoxy) is 1. The Morgan fingerprint density at radius 3 is 2.86 bits per heavy atom. The molecule has 0 aliphatic heterocycles. The number of amides is 1. The summed E-state index contributed by atoms with van der Waals surface area (Å²) < 4.78 is 5.39. The summed E-state index contributed by atoms with van der Waals surface area (Å²) in [6.45, 7) is 1.39. The van der Waals surface area contributed by atoms with Crippen LogP contribution in [0.5, 0.6) is 11.6 Å². The van der Waals surface area contributed by atoms with E-state index < -0.39 is 0 Å². The fraction of sp³-hybridized carbons (Fsp3) is 0.321. The van der Waals surface area contributed by atoms with Crippen LogP contribution in [0.25, 0.3) is 33.5 Å². The number of carbonyl (C=O) groups excluding carboxylic acids is 1. The number of hydrogen-bond acceptors (Lipinski definition) is 6. The van der Waals surface area contributed by atoms with E-state index in [0.717, 1.165) is 36.0 Å². The number of benzene rings is 2. The lowest BCUT2D eigenvalue weighted by molar-refractivity contribution is 0.0940. The topological polar surface area (TPSA) is 126 Å². The highest BCUT2D eigenvalue weighted by Gasteiger charge is 2.22. The van der Waals surface area contributed by atoms with Gasteiger partial charge in [0.2, 0.25) is 5.88 Å². The molecular formula is C28H31N5O3. The van der Waals surface area contributed by atoms with Crippen molar-refractivity contribution in [1.29, 1.82) is 0 Å². The standard InChI is InChI=1S/C28H31N5O3/c1-36-28-21(6-3-11-30-28)19-8-10-25(34)22(13-19)26-32-23-9-7-20(14-24(23)33-26)27(35)31-16-18-5-2-4-17(12-18)15-29/h3,6-11,13-14,17-18,34H,2,4-5,12,15-16,29H2,1H3,(H,31,35)(H,32,33). The molecule has 0 radical (unpaired) electrons. The van der Waals surface area contributed by atoms with Gasteiger partial charge in [0.05, 0.1) is 23.7 Å². The minimum Gasteiger partial charge on any atom is -0.507 e. The molecule has 1 amide bonds. The Morgan fingerprint density at radius 2 is 2.03 bits per heavy atom. The molecule has 1 aliphatic carbocycles. The van der Waals surface area contributed by atoms with Crippen LogP contribution in [0, 0.1) is 11.8 Å². The summed E-state index contributed by atoms with van der Waals surface area (Å²) in [6, 6.07) is 14.4. The van der Waals surface area contributed by atoms with Crippen LogP contribution in [0.1, 0.15) is 36.0 Å². The van der Waals surface area contributed by atoms with E-state index in [2.05, 4.69) is 20.3 Å². The Hall–Kier alpha value is -3.91. The molecule has 2 atom stereocenters. The number of hydrogen-bond donors (Lipinski definition) is 4. The minimum absolute atomic E-state index is 0.0990. The first-order chi connectivity index (χ1) is 17.6. The van der Waals surface area contributed by atoms with Gasteiger partial charge in [-0.3, -0.25) is 4.79 Å². The van der Waals surface area contributed by atoms with Gasteiger partial charge < -0.3 is 25.9 Å². The van der Waals surface area contributed by atoms with E-state index in [1.807, 2.05) is 30.3 Å². The van der Waals surface area contributed by atoms with Crippen LogP contribution in [-0.2, 0) is 0 Å². The molecule has 5 rings (SSSR count). The largest absolute Gasteiger partial charge is 0.507 e. The predicted molar refractivity (Wildman–Crippen MR) is 140 cm³/mol. The number of phenolic OH excluding ortho intramolecular Hbond substituents is 1. The second-order valence-electron chi connectivity index (χ2n) is 9.45. The number of aromatic hydroxyl groups is 1. The monoisotopic (exact) mass is 485 g/mol. The number of pyridine rings is 1. The molecule has 1 aliphatic rings. The minimum atomic E-state index is -0.101. The van der Waals surface area contributed by atoms with Crippen LogP contribution >= 0.6 is 0 Å². The molecule has 4 aromatic rings. The van der Waals surface area contributed by atoms with E-state index in [9.17, 15) is 9.90 Å². The quantitative estimate of drug-likeness (QED) is 0.305. The SMILES string of the molecule is COc1ncccc1-c1ccc(O)c(-c2nc3ccc(C(=O)NCC4CCCC(CN)C4)cc3[nH]2)c1. The lowest BCUT2D eigenvalue weighted by Crippen LogP contribution is -2.33. The Bertz CT molecular complexity index is 1380. The second-order valence-corrected chi connectivity index (χ2v) is 9.45. The fourth-order valence-electron chi connectivity index (χ4n) is 5.09. The normalized spacial score (nSPS) is 17.7. The highest BCUT2D eigenvalue weighted by Crippen LogP contribution is 2.36. The first kappa shape index (κ1) is 23.8. The summed E-state index contributed by atoms with van der Waals surface area (Å²) in [6.07, 6.45) is 6.24. The van der Waals surface area contributed by atoms with E-state index in [1.165, 1.54) is 12.8 Å². The number of aromatic amines is 1. The van der Waals surface area contributed by atoms with Gasteiger partial charge in [-0.05, 0) is 85.7 Å². The molecular weight excluding hydrogens is 454 g/mol. The van der Waals surface area contributed by atoms with Crippen molar-refractivity contribution in [3.8, 4) is 34.1 Å². The van der Waals surface area contributed by atoms with Crippen molar-refractivity contribution in [1.82, 2.24) is 20.3 Å². The Balaban J connectivity index is 1.37. The molecule has 1 fully saturated rings. The van der Waals surface area contributed by atoms with Gasteiger partial charge in [-0.1, -0.05) is 12.5 Å². The molecule has 5 N–H and O–H groups in total. The van der Waals surface area contributed by atoms with E-state index in [-0.39, 0.29) is 11.7 Å².